The fraction of sp³-hybridized carbons (Fsp3) is 0.857. The van der Waals surface area contributed by atoms with Gasteiger partial charge in [-0.1, -0.05) is 0 Å². The third-order valence-electron chi connectivity index (χ3n) is 4.17. The molecule has 5 nitrogen and oxygen atoms in total. The van der Waals surface area contributed by atoms with Crippen molar-refractivity contribution in [1.82, 2.24) is 15.5 Å². The Bertz CT molecular complexity index is 327. The lowest BCUT2D eigenvalue weighted by molar-refractivity contribution is -0.130. The summed E-state index contributed by atoms with van der Waals surface area (Å²) in [6.45, 7) is 5.18. The lowest BCUT2D eigenvalue weighted by atomic mass is 9.93. The molecule has 2 heterocycles. The molecule has 0 spiro atoms. The maximum Gasteiger partial charge on any atom is 0.222 e. The maximum atomic E-state index is 12.1. The molecule has 108 valence electrons. The number of piperidine rings is 1. The minimum absolute atomic E-state index is 0.00555. The van der Waals surface area contributed by atoms with Gasteiger partial charge in [-0.05, 0) is 44.7 Å². The molecule has 2 rings (SSSR count). The summed E-state index contributed by atoms with van der Waals surface area (Å²) in [5.74, 6) is 0.958. The Morgan fingerprint density at radius 3 is 2.68 bits per heavy atom. The first-order valence-electron chi connectivity index (χ1n) is 7.40. The molecule has 0 aliphatic carbocycles. The fourth-order valence-corrected chi connectivity index (χ4v) is 3.05. The van der Waals surface area contributed by atoms with E-state index >= 15 is 0 Å². The predicted octanol–water partition coefficient (Wildman–Crippen LogP) is 0.503. The summed E-state index contributed by atoms with van der Waals surface area (Å²) in [5.41, 5.74) is 0. The molecule has 1 atom stereocenters. The van der Waals surface area contributed by atoms with Crippen LogP contribution in [0.2, 0.25) is 0 Å². The van der Waals surface area contributed by atoms with Crippen molar-refractivity contribution >= 4 is 11.8 Å². The molecule has 2 aliphatic rings. The number of carbonyl (C=O) groups excluding carboxylic acids is 2. The molecule has 0 aromatic heterocycles. The summed E-state index contributed by atoms with van der Waals surface area (Å²) in [6, 6.07) is 0.153. The minimum Gasteiger partial charge on any atom is -0.352 e. The van der Waals surface area contributed by atoms with Crippen LogP contribution in [0, 0.1) is 5.92 Å². The number of likely N-dealkylation sites (tertiary alicyclic amines) is 1. The average Bonchev–Trinajstić information content (AvgIpc) is 2.85. The van der Waals surface area contributed by atoms with Gasteiger partial charge in [-0.2, -0.15) is 0 Å². The molecule has 2 N–H and O–H groups in total. The van der Waals surface area contributed by atoms with E-state index in [9.17, 15) is 9.59 Å². The maximum absolute atomic E-state index is 12.1. The van der Waals surface area contributed by atoms with Crippen LogP contribution in [0.3, 0.4) is 0 Å². The van der Waals surface area contributed by atoms with Crippen LogP contribution in [0.25, 0.3) is 0 Å². The van der Waals surface area contributed by atoms with Crippen LogP contribution in [0.5, 0.6) is 0 Å². The highest BCUT2D eigenvalue weighted by Crippen LogP contribution is 2.19. The normalized spacial score (nSPS) is 24.5. The van der Waals surface area contributed by atoms with Crippen molar-refractivity contribution in [2.75, 3.05) is 26.2 Å². The molecular formula is C14H25N3O2. The average molecular weight is 267 g/mol. The van der Waals surface area contributed by atoms with Crippen molar-refractivity contribution in [1.29, 1.82) is 0 Å². The summed E-state index contributed by atoms with van der Waals surface area (Å²) < 4.78 is 0. The van der Waals surface area contributed by atoms with E-state index in [1.165, 1.54) is 19.8 Å². The van der Waals surface area contributed by atoms with Crippen LogP contribution in [-0.4, -0.2) is 48.9 Å². The van der Waals surface area contributed by atoms with Gasteiger partial charge in [0.05, 0.1) is 0 Å². The number of rotatable bonds is 4. The smallest absolute Gasteiger partial charge is 0.222 e. The highest BCUT2D eigenvalue weighted by Gasteiger charge is 2.26. The van der Waals surface area contributed by atoms with Gasteiger partial charge in [0, 0.05) is 32.5 Å². The first-order valence-corrected chi connectivity index (χ1v) is 7.40. The summed E-state index contributed by atoms with van der Waals surface area (Å²) in [4.78, 5) is 25.0. The van der Waals surface area contributed by atoms with Gasteiger partial charge in [0.15, 0.2) is 0 Å². The highest BCUT2D eigenvalue weighted by molar-refractivity contribution is 5.77. The molecule has 2 aliphatic heterocycles. The number of carbonyl (C=O) groups is 2. The number of nitrogens with one attached hydrogen (secondary N) is 2. The lowest BCUT2D eigenvalue weighted by Crippen LogP contribution is -2.37. The molecule has 5 heteroatoms. The second-order valence-electron chi connectivity index (χ2n) is 5.76. The van der Waals surface area contributed by atoms with Gasteiger partial charge in [0.25, 0.3) is 0 Å². The van der Waals surface area contributed by atoms with E-state index in [2.05, 4.69) is 10.6 Å². The zero-order valence-electron chi connectivity index (χ0n) is 11.8. The van der Waals surface area contributed by atoms with Crippen LogP contribution in [0.1, 0.15) is 39.0 Å². The van der Waals surface area contributed by atoms with Crippen LogP contribution < -0.4 is 10.6 Å². The Morgan fingerprint density at radius 2 is 2.00 bits per heavy atom. The Hall–Kier alpha value is -1.10. The van der Waals surface area contributed by atoms with Gasteiger partial charge in [-0.15, -0.1) is 0 Å². The summed E-state index contributed by atoms with van der Waals surface area (Å²) in [5, 5.41) is 6.24. The molecule has 0 aromatic rings. The summed E-state index contributed by atoms with van der Waals surface area (Å²) >= 11 is 0. The van der Waals surface area contributed by atoms with Crippen molar-refractivity contribution in [2.45, 2.75) is 45.1 Å². The Morgan fingerprint density at radius 1 is 1.26 bits per heavy atom. The highest BCUT2D eigenvalue weighted by atomic mass is 16.2. The van der Waals surface area contributed by atoms with Gasteiger partial charge < -0.3 is 15.5 Å². The van der Waals surface area contributed by atoms with Gasteiger partial charge in [0.2, 0.25) is 11.8 Å². The van der Waals surface area contributed by atoms with E-state index in [1.807, 2.05) is 4.90 Å². The van der Waals surface area contributed by atoms with Crippen molar-refractivity contribution < 1.29 is 9.59 Å². The quantitative estimate of drug-likeness (QED) is 0.780. The Balaban J connectivity index is 1.67. The summed E-state index contributed by atoms with van der Waals surface area (Å²) in [6.07, 6.45) is 4.96. The molecule has 2 amide bonds. The molecule has 2 fully saturated rings. The standard InChI is InChI=1S/C14H25N3O2/c1-11(18)16-13-6-9-17(10-13)14(19)3-2-12-4-7-15-8-5-12/h12-13,15H,2-10H2,1H3,(H,16,18). The van der Waals surface area contributed by atoms with Gasteiger partial charge in [0.1, 0.15) is 0 Å². The fourth-order valence-electron chi connectivity index (χ4n) is 3.05. The second-order valence-corrected chi connectivity index (χ2v) is 5.76. The van der Waals surface area contributed by atoms with Crippen molar-refractivity contribution in [3.05, 3.63) is 0 Å². The number of amides is 2. The largest absolute Gasteiger partial charge is 0.352 e. The van der Waals surface area contributed by atoms with Crippen LogP contribution in [0.4, 0.5) is 0 Å². The van der Waals surface area contributed by atoms with Gasteiger partial charge in [-0.25, -0.2) is 0 Å². The van der Waals surface area contributed by atoms with Crippen LogP contribution >= 0.6 is 0 Å². The van der Waals surface area contributed by atoms with Crippen LogP contribution in [-0.2, 0) is 9.59 Å². The Labute approximate surface area is 115 Å². The number of hydrogen-bond acceptors (Lipinski definition) is 3. The topological polar surface area (TPSA) is 61.4 Å². The van der Waals surface area contributed by atoms with E-state index in [-0.39, 0.29) is 17.9 Å². The van der Waals surface area contributed by atoms with Crippen molar-refractivity contribution in [3.8, 4) is 0 Å². The monoisotopic (exact) mass is 267 g/mol. The Kier molecular flexibility index (Phi) is 5.19. The zero-order chi connectivity index (χ0) is 13.7. The number of nitrogens with zero attached hydrogens (tertiary/aromatic N) is 1. The van der Waals surface area contributed by atoms with E-state index in [4.69, 9.17) is 0 Å². The molecular weight excluding hydrogens is 242 g/mol. The molecule has 1 unspecified atom stereocenters. The first-order chi connectivity index (χ1) is 9.15. The minimum atomic E-state index is -0.00555. The van der Waals surface area contributed by atoms with Crippen molar-refractivity contribution in [2.24, 2.45) is 5.92 Å². The predicted molar refractivity (Wildman–Crippen MR) is 73.6 cm³/mol. The SMILES string of the molecule is CC(=O)NC1CCN(C(=O)CCC2CCNCC2)C1. The van der Waals surface area contributed by atoms with E-state index in [0.717, 1.165) is 32.5 Å². The molecule has 0 saturated carbocycles. The second kappa shape index (κ2) is 6.89. The van der Waals surface area contributed by atoms with Gasteiger partial charge >= 0.3 is 0 Å². The molecule has 0 radical (unpaired) electrons. The molecule has 2 saturated heterocycles. The third kappa shape index (κ3) is 4.49. The zero-order valence-corrected chi connectivity index (χ0v) is 11.8. The third-order valence-corrected chi connectivity index (χ3v) is 4.17. The van der Waals surface area contributed by atoms with E-state index in [1.54, 1.807) is 0 Å². The summed E-state index contributed by atoms with van der Waals surface area (Å²) in [7, 11) is 0. The van der Waals surface area contributed by atoms with Gasteiger partial charge in [-0.3, -0.25) is 9.59 Å². The molecule has 0 bridgehead atoms. The first kappa shape index (κ1) is 14.3. The van der Waals surface area contributed by atoms with Crippen molar-refractivity contribution in [3.63, 3.8) is 0 Å². The van der Waals surface area contributed by atoms with Crippen LogP contribution in [0.15, 0.2) is 0 Å². The molecule has 19 heavy (non-hydrogen) atoms. The lowest BCUT2D eigenvalue weighted by Gasteiger charge is -2.23. The number of hydrogen-bond donors (Lipinski definition) is 2. The van der Waals surface area contributed by atoms with E-state index < -0.39 is 0 Å². The molecule has 0 aromatic carbocycles. The van der Waals surface area contributed by atoms with E-state index in [0.29, 0.717) is 18.9 Å².